The molecule has 36 heavy (non-hydrogen) atoms. The molecule has 10 heteroatoms. The summed E-state index contributed by atoms with van der Waals surface area (Å²) in [6.07, 6.45) is 3.96. The molecule has 0 radical (unpaired) electrons. The van der Waals surface area contributed by atoms with Gasteiger partial charge in [0.1, 0.15) is 17.8 Å². The molecule has 1 aromatic heterocycles. The minimum atomic E-state index is -3.77. The fraction of sp³-hybridized carbons (Fsp3) is 0.577. The second kappa shape index (κ2) is 11.3. The maximum atomic E-state index is 13.0. The first-order chi connectivity index (χ1) is 17.2. The van der Waals surface area contributed by atoms with Crippen molar-refractivity contribution in [3.63, 3.8) is 0 Å². The summed E-state index contributed by atoms with van der Waals surface area (Å²) in [6.45, 7) is 9.98. The van der Waals surface area contributed by atoms with Gasteiger partial charge in [-0.3, -0.25) is 9.69 Å². The molecule has 1 N–H and O–H groups in total. The number of nitrogens with zero attached hydrogens (tertiary/aromatic N) is 3. The summed E-state index contributed by atoms with van der Waals surface area (Å²) in [5, 5.41) is 0. The summed E-state index contributed by atoms with van der Waals surface area (Å²) in [5.74, 6) is 1.63. The van der Waals surface area contributed by atoms with Crippen LogP contribution in [0.4, 0.5) is 0 Å². The van der Waals surface area contributed by atoms with E-state index in [2.05, 4.69) is 21.6 Å². The number of hydrogen-bond donors (Lipinski definition) is 1. The first kappa shape index (κ1) is 26.7. The van der Waals surface area contributed by atoms with Crippen molar-refractivity contribution in [2.45, 2.75) is 38.1 Å². The van der Waals surface area contributed by atoms with Crippen LogP contribution in [0.2, 0.25) is 0 Å². The average Bonchev–Trinajstić information content (AvgIpc) is 3.31. The van der Waals surface area contributed by atoms with Gasteiger partial charge >= 0.3 is 0 Å². The summed E-state index contributed by atoms with van der Waals surface area (Å²) in [7, 11) is -0.0309. The van der Waals surface area contributed by atoms with Crippen LogP contribution in [-0.4, -0.2) is 89.0 Å². The van der Waals surface area contributed by atoms with Crippen molar-refractivity contribution >= 4 is 15.9 Å². The molecular formula is C26H38N4O5S. The largest absolute Gasteiger partial charge is 0.497 e. The third-order valence-electron chi connectivity index (χ3n) is 7.17. The number of benzene rings is 1. The number of aryl methyl sites for hydroxylation is 2. The van der Waals surface area contributed by atoms with Crippen LogP contribution in [0.25, 0.3) is 0 Å². The second-order valence-electron chi connectivity index (χ2n) is 10.1. The minimum Gasteiger partial charge on any atom is -0.497 e. The number of methoxy groups -OCH3 is 1. The molecule has 2 aromatic rings. The molecule has 1 atom stereocenters. The number of ether oxygens (including phenoxy) is 1. The number of likely N-dealkylation sites (tertiary alicyclic amines) is 1. The van der Waals surface area contributed by atoms with Crippen molar-refractivity contribution in [3.8, 4) is 5.75 Å². The average molecular weight is 519 g/mol. The molecule has 0 spiro atoms. The van der Waals surface area contributed by atoms with Crippen LogP contribution in [0.5, 0.6) is 5.75 Å². The first-order valence-corrected chi connectivity index (χ1v) is 14.1. The SMILES string of the molecule is COc1cc(C)c(S(=O)(=O)NCc2cc(C(=O)N3CCN(CC4CCCN(C)C4)CC3)co2)c(C)c1. The Bertz CT molecular complexity index is 1150. The van der Waals surface area contributed by atoms with E-state index in [-0.39, 0.29) is 17.3 Å². The molecule has 4 rings (SSSR count). The number of nitrogens with one attached hydrogen (secondary N) is 1. The molecule has 1 amide bonds. The van der Waals surface area contributed by atoms with Gasteiger partial charge in [0.15, 0.2) is 0 Å². The first-order valence-electron chi connectivity index (χ1n) is 12.6. The van der Waals surface area contributed by atoms with E-state index in [0.717, 1.165) is 26.2 Å². The lowest BCUT2D eigenvalue weighted by molar-refractivity contribution is 0.0588. The third kappa shape index (κ3) is 6.29. The summed E-state index contributed by atoms with van der Waals surface area (Å²) in [4.78, 5) is 20.0. The van der Waals surface area contributed by atoms with E-state index in [1.54, 1.807) is 39.2 Å². The van der Waals surface area contributed by atoms with Crippen LogP contribution in [0.3, 0.4) is 0 Å². The number of sulfonamides is 1. The predicted octanol–water partition coefficient (Wildman–Crippen LogP) is 2.48. The van der Waals surface area contributed by atoms with E-state index in [1.165, 1.54) is 25.6 Å². The standard InChI is InChI=1S/C26H38N4O5S/c1-19-12-23(34-4)13-20(2)25(19)36(32,33)27-15-24-14-22(18-35-24)26(31)30-10-8-29(9-11-30)17-21-6-5-7-28(3)16-21/h12-14,18,21,27H,5-11,15-17H2,1-4H3. The van der Waals surface area contributed by atoms with Gasteiger partial charge in [0.25, 0.3) is 5.91 Å². The number of carbonyl (C=O) groups excluding carboxylic acids is 1. The fourth-order valence-electron chi connectivity index (χ4n) is 5.38. The molecule has 198 valence electrons. The van der Waals surface area contributed by atoms with Crippen LogP contribution in [0.1, 0.15) is 40.1 Å². The lowest BCUT2D eigenvalue weighted by Crippen LogP contribution is -2.50. The Kier molecular flexibility index (Phi) is 8.39. The molecule has 2 aliphatic heterocycles. The lowest BCUT2D eigenvalue weighted by Gasteiger charge is -2.38. The van der Waals surface area contributed by atoms with Crippen LogP contribution in [-0.2, 0) is 16.6 Å². The zero-order valence-electron chi connectivity index (χ0n) is 21.7. The van der Waals surface area contributed by atoms with Crippen molar-refractivity contribution in [1.82, 2.24) is 19.4 Å². The molecule has 2 fully saturated rings. The van der Waals surface area contributed by atoms with Crippen molar-refractivity contribution in [3.05, 3.63) is 46.9 Å². The molecule has 1 aromatic carbocycles. The normalized spacial score (nSPS) is 20.0. The molecule has 9 nitrogen and oxygen atoms in total. The molecule has 3 heterocycles. The number of hydrogen-bond acceptors (Lipinski definition) is 7. The lowest BCUT2D eigenvalue weighted by atomic mass is 9.97. The van der Waals surface area contributed by atoms with Crippen molar-refractivity contribution < 1.29 is 22.4 Å². The van der Waals surface area contributed by atoms with Crippen molar-refractivity contribution in [1.29, 1.82) is 0 Å². The molecule has 0 saturated carbocycles. The Balaban J connectivity index is 1.30. The van der Waals surface area contributed by atoms with Crippen LogP contribution in [0, 0.1) is 19.8 Å². The van der Waals surface area contributed by atoms with E-state index < -0.39 is 10.0 Å². The quantitative estimate of drug-likeness (QED) is 0.574. The number of carbonyl (C=O) groups is 1. The van der Waals surface area contributed by atoms with Gasteiger partial charge in [-0.25, -0.2) is 13.1 Å². The third-order valence-corrected chi connectivity index (χ3v) is 8.88. The van der Waals surface area contributed by atoms with Crippen LogP contribution >= 0.6 is 0 Å². The molecule has 0 bridgehead atoms. The highest BCUT2D eigenvalue weighted by atomic mass is 32.2. The Labute approximate surface area is 214 Å². The maximum absolute atomic E-state index is 13.0. The highest BCUT2D eigenvalue weighted by molar-refractivity contribution is 7.89. The molecule has 2 aliphatic rings. The Hall–Kier alpha value is -2.40. The number of amides is 1. The summed E-state index contributed by atoms with van der Waals surface area (Å²) in [6, 6.07) is 5.01. The molecule has 2 saturated heterocycles. The van der Waals surface area contributed by atoms with E-state index >= 15 is 0 Å². The van der Waals surface area contributed by atoms with Gasteiger partial charge in [-0.1, -0.05) is 0 Å². The topological polar surface area (TPSA) is 95.3 Å². The molecule has 0 aliphatic carbocycles. The van der Waals surface area contributed by atoms with Gasteiger partial charge in [-0.15, -0.1) is 0 Å². The van der Waals surface area contributed by atoms with Gasteiger partial charge in [-0.2, -0.15) is 0 Å². The molecule has 1 unspecified atom stereocenters. The van der Waals surface area contributed by atoms with Crippen molar-refractivity contribution in [2.75, 3.05) is 60.0 Å². The Morgan fingerprint density at radius 2 is 1.81 bits per heavy atom. The summed E-state index contributed by atoms with van der Waals surface area (Å²) < 4.78 is 39.2. The van der Waals surface area contributed by atoms with E-state index in [9.17, 15) is 13.2 Å². The summed E-state index contributed by atoms with van der Waals surface area (Å²) >= 11 is 0. The fourth-order valence-corrected chi connectivity index (χ4v) is 6.82. The van der Waals surface area contributed by atoms with E-state index in [1.807, 2.05) is 4.90 Å². The maximum Gasteiger partial charge on any atom is 0.257 e. The highest BCUT2D eigenvalue weighted by Gasteiger charge is 2.27. The number of furan rings is 1. The number of piperidine rings is 1. The van der Waals surface area contributed by atoms with Gasteiger partial charge in [0.05, 0.1) is 24.1 Å². The number of piperazine rings is 1. The second-order valence-corrected chi connectivity index (χ2v) is 11.8. The minimum absolute atomic E-state index is 0.0376. The zero-order chi connectivity index (χ0) is 25.9. The Morgan fingerprint density at radius 1 is 1.11 bits per heavy atom. The van der Waals surface area contributed by atoms with Crippen molar-refractivity contribution in [2.24, 2.45) is 5.92 Å². The summed E-state index contributed by atoms with van der Waals surface area (Å²) in [5.41, 5.74) is 1.65. The monoisotopic (exact) mass is 518 g/mol. The van der Waals surface area contributed by atoms with Gasteiger partial charge in [0.2, 0.25) is 10.0 Å². The van der Waals surface area contributed by atoms with E-state index in [0.29, 0.717) is 47.2 Å². The number of rotatable bonds is 8. The Morgan fingerprint density at radius 3 is 2.44 bits per heavy atom. The predicted molar refractivity (Wildman–Crippen MR) is 138 cm³/mol. The van der Waals surface area contributed by atoms with Crippen LogP contribution in [0.15, 0.2) is 33.8 Å². The van der Waals surface area contributed by atoms with Gasteiger partial charge < -0.3 is 19.0 Å². The molecular weight excluding hydrogens is 480 g/mol. The van der Waals surface area contributed by atoms with Gasteiger partial charge in [-0.05, 0) is 75.5 Å². The van der Waals surface area contributed by atoms with Gasteiger partial charge in [0, 0.05) is 39.3 Å². The zero-order valence-corrected chi connectivity index (χ0v) is 22.6. The van der Waals surface area contributed by atoms with Crippen LogP contribution < -0.4 is 9.46 Å². The highest BCUT2D eigenvalue weighted by Crippen LogP contribution is 2.26. The van der Waals surface area contributed by atoms with E-state index in [4.69, 9.17) is 9.15 Å². The smallest absolute Gasteiger partial charge is 0.257 e.